The topological polar surface area (TPSA) is 40.5 Å². The zero-order chi connectivity index (χ0) is 14.5. The maximum absolute atomic E-state index is 10.8. The fraction of sp³-hybridized carbons (Fsp3) is 0.562. The van der Waals surface area contributed by atoms with Gasteiger partial charge in [-0.1, -0.05) is 19.1 Å². The average molecular weight is 387 g/mol. The Morgan fingerprint density at radius 2 is 2.15 bits per heavy atom. The number of aliphatic carboxylic acids is 1. The summed E-state index contributed by atoms with van der Waals surface area (Å²) in [6, 6.07) is 8.66. The SMILES string of the molecule is CC(CC(=O)O)C1CCCN(Cc2ccc(I)cc2)C1. The average Bonchev–Trinajstić information content (AvgIpc) is 2.41. The molecule has 2 rings (SSSR count). The molecule has 0 saturated carbocycles. The van der Waals surface area contributed by atoms with Gasteiger partial charge in [-0.2, -0.15) is 0 Å². The maximum Gasteiger partial charge on any atom is 0.303 e. The fourth-order valence-electron chi connectivity index (χ4n) is 2.99. The van der Waals surface area contributed by atoms with Gasteiger partial charge in [-0.25, -0.2) is 0 Å². The van der Waals surface area contributed by atoms with Crippen molar-refractivity contribution in [1.29, 1.82) is 0 Å². The minimum Gasteiger partial charge on any atom is -0.481 e. The molecule has 0 spiro atoms. The first kappa shape index (κ1) is 15.8. The van der Waals surface area contributed by atoms with Gasteiger partial charge in [0.15, 0.2) is 0 Å². The molecule has 4 heteroatoms. The van der Waals surface area contributed by atoms with E-state index in [0.29, 0.717) is 12.3 Å². The highest BCUT2D eigenvalue weighted by Crippen LogP contribution is 2.27. The summed E-state index contributed by atoms with van der Waals surface area (Å²) >= 11 is 2.32. The van der Waals surface area contributed by atoms with Crippen molar-refractivity contribution in [2.75, 3.05) is 13.1 Å². The lowest BCUT2D eigenvalue weighted by Gasteiger charge is -2.35. The van der Waals surface area contributed by atoms with Crippen LogP contribution in [0.4, 0.5) is 0 Å². The van der Waals surface area contributed by atoms with E-state index in [1.807, 2.05) is 0 Å². The highest BCUT2D eigenvalue weighted by molar-refractivity contribution is 14.1. The molecule has 0 aromatic heterocycles. The van der Waals surface area contributed by atoms with E-state index in [2.05, 4.69) is 58.7 Å². The Bertz CT molecular complexity index is 446. The predicted molar refractivity (Wildman–Crippen MR) is 88.6 cm³/mol. The number of likely N-dealkylation sites (tertiary alicyclic amines) is 1. The van der Waals surface area contributed by atoms with E-state index in [1.54, 1.807) is 0 Å². The van der Waals surface area contributed by atoms with Gasteiger partial charge in [-0.15, -0.1) is 0 Å². The second-order valence-corrected chi connectivity index (χ2v) is 7.08. The van der Waals surface area contributed by atoms with Gasteiger partial charge in [0.2, 0.25) is 0 Å². The van der Waals surface area contributed by atoms with Crippen molar-refractivity contribution in [3.63, 3.8) is 0 Å². The third kappa shape index (κ3) is 4.74. The van der Waals surface area contributed by atoms with Crippen LogP contribution in [0, 0.1) is 15.4 Å². The Morgan fingerprint density at radius 3 is 2.80 bits per heavy atom. The Labute approximate surface area is 134 Å². The van der Waals surface area contributed by atoms with E-state index >= 15 is 0 Å². The molecule has 1 fully saturated rings. The van der Waals surface area contributed by atoms with Crippen LogP contribution >= 0.6 is 22.6 Å². The molecule has 0 bridgehead atoms. The Kier molecular flexibility index (Phi) is 5.84. The molecule has 2 atom stereocenters. The fourth-order valence-corrected chi connectivity index (χ4v) is 3.35. The Hall–Kier alpha value is -0.620. The lowest BCUT2D eigenvalue weighted by molar-refractivity contribution is -0.138. The van der Waals surface area contributed by atoms with Gasteiger partial charge in [0, 0.05) is 23.1 Å². The van der Waals surface area contributed by atoms with Crippen LogP contribution in [0.3, 0.4) is 0 Å². The molecule has 1 aromatic rings. The molecule has 1 aliphatic heterocycles. The summed E-state index contributed by atoms with van der Waals surface area (Å²) in [4.78, 5) is 13.3. The summed E-state index contributed by atoms with van der Waals surface area (Å²) in [5.74, 6) is 0.114. The van der Waals surface area contributed by atoms with Crippen LogP contribution in [0.1, 0.15) is 31.7 Å². The standard InChI is InChI=1S/C16H22INO2/c1-12(9-16(19)20)14-3-2-8-18(11-14)10-13-4-6-15(17)7-5-13/h4-7,12,14H,2-3,8-11H2,1H3,(H,19,20). The molecule has 3 nitrogen and oxygen atoms in total. The van der Waals surface area contributed by atoms with Gasteiger partial charge >= 0.3 is 5.97 Å². The van der Waals surface area contributed by atoms with Crippen LogP contribution in [0.5, 0.6) is 0 Å². The Balaban J connectivity index is 1.89. The van der Waals surface area contributed by atoms with Crippen molar-refractivity contribution in [1.82, 2.24) is 4.90 Å². The van der Waals surface area contributed by atoms with Crippen molar-refractivity contribution in [2.24, 2.45) is 11.8 Å². The number of hydrogen-bond donors (Lipinski definition) is 1. The second-order valence-electron chi connectivity index (χ2n) is 5.84. The van der Waals surface area contributed by atoms with Gasteiger partial charge in [0.05, 0.1) is 0 Å². The molecule has 2 unspecified atom stereocenters. The largest absolute Gasteiger partial charge is 0.481 e. The number of hydrogen-bond acceptors (Lipinski definition) is 2. The number of halogens is 1. The number of carboxylic acids is 1. The van der Waals surface area contributed by atoms with Crippen molar-refractivity contribution in [3.8, 4) is 0 Å². The zero-order valence-electron chi connectivity index (χ0n) is 11.9. The summed E-state index contributed by atoms with van der Waals surface area (Å²) in [6.45, 7) is 5.21. The van der Waals surface area contributed by atoms with E-state index in [4.69, 9.17) is 5.11 Å². The van der Waals surface area contributed by atoms with E-state index in [0.717, 1.165) is 26.1 Å². The highest BCUT2D eigenvalue weighted by Gasteiger charge is 2.25. The quantitative estimate of drug-likeness (QED) is 0.785. The molecule has 1 saturated heterocycles. The first-order valence-electron chi connectivity index (χ1n) is 7.23. The van der Waals surface area contributed by atoms with Crippen molar-refractivity contribution in [3.05, 3.63) is 33.4 Å². The lowest BCUT2D eigenvalue weighted by Crippen LogP contribution is -2.37. The third-order valence-electron chi connectivity index (χ3n) is 4.16. The molecule has 110 valence electrons. The number of carboxylic acid groups (broad SMARTS) is 1. The summed E-state index contributed by atoms with van der Waals surface area (Å²) in [7, 11) is 0. The summed E-state index contributed by atoms with van der Waals surface area (Å²) in [6.07, 6.45) is 2.64. The maximum atomic E-state index is 10.8. The van der Waals surface area contributed by atoms with E-state index < -0.39 is 5.97 Å². The normalized spacial score (nSPS) is 21.6. The second kappa shape index (κ2) is 7.41. The lowest BCUT2D eigenvalue weighted by atomic mass is 9.84. The smallest absolute Gasteiger partial charge is 0.303 e. The third-order valence-corrected chi connectivity index (χ3v) is 4.88. The number of piperidine rings is 1. The van der Waals surface area contributed by atoms with Crippen LogP contribution in [0.2, 0.25) is 0 Å². The van der Waals surface area contributed by atoms with Crippen LogP contribution in [0.25, 0.3) is 0 Å². The van der Waals surface area contributed by atoms with Gasteiger partial charge in [0.25, 0.3) is 0 Å². The molecular formula is C16H22INO2. The molecule has 0 aliphatic carbocycles. The van der Waals surface area contributed by atoms with Gasteiger partial charge in [0.1, 0.15) is 0 Å². The summed E-state index contributed by atoms with van der Waals surface area (Å²) in [5.41, 5.74) is 1.34. The summed E-state index contributed by atoms with van der Waals surface area (Å²) < 4.78 is 1.26. The minimum atomic E-state index is -0.674. The first-order valence-corrected chi connectivity index (χ1v) is 8.31. The van der Waals surface area contributed by atoms with Crippen LogP contribution in [-0.4, -0.2) is 29.1 Å². The molecule has 1 aromatic carbocycles. The van der Waals surface area contributed by atoms with Crippen molar-refractivity contribution >= 4 is 28.6 Å². The van der Waals surface area contributed by atoms with Gasteiger partial charge in [-0.3, -0.25) is 9.69 Å². The first-order chi connectivity index (χ1) is 9.54. The number of nitrogens with zero attached hydrogens (tertiary/aromatic N) is 1. The van der Waals surface area contributed by atoms with E-state index in [1.165, 1.54) is 15.6 Å². The van der Waals surface area contributed by atoms with Gasteiger partial charge < -0.3 is 5.11 Å². The molecular weight excluding hydrogens is 365 g/mol. The molecule has 0 amide bonds. The van der Waals surface area contributed by atoms with E-state index in [-0.39, 0.29) is 5.92 Å². The van der Waals surface area contributed by atoms with Gasteiger partial charge in [-0.05, 0) is 71.5 Å². The number of benzene rings is 1. The van der Waals surface area contributed by atoms with Crippen LogP contribution in [0.15, 0.2) is 24.3 Å². The monoisotopic (exact) mass is 387 g/mol. The Morgan fingerprint density at radius 1 is 1.45 bits per heavy atom. The molecule has 20 heavy (non-hydrogen) atoms. The molecule has 1 N–H and O–H groups in total. The van der Waals surface area contributed by atoms with E-state index in [9.17, 15) is 4.79 Å². The minimum absolute atomic E-state index is 0.270. The molecule has 1 heterocycles. The number of rotatable bonds is 5. The summed E-state index contributed by atoms with van der Waals surface area (Å²) in [5, 5.41) is 8.93. The van der Waals surface area contributed by atoms with Crippen molar-refractivity contribution < 1.29 is 9.90 Å². The predicted octanol–water partition coefficient (Wildman–Crippen LogP) is 3.61. The molecule has 1 aliphatic rings. The van der Waals surface area contributed by atoms with Crippen LogP contribution < -0.4 is 0 Å². The van der Waals surface area contributed by atoms with Crippen LogP contribution in [-0.2, 0) is 11.3 Å². The zero-order valence-corrected chi connectivity index (χ0v) is 14.0. The number of carbonyl (C=O) groups is 1. The van der Waals surface area contributed by atoms with Crippen molar-refractivity contribution in [2.45, 2.75) is 32.7 Å². The highest BCUT2D eigenvalue weighted by atomic mass is 127. The molecule has 0 radical (unpaired) electrons.